The summed E-state index contributed by atoms with van der Waals surface area (Å²) in [6.07, 6.45) is 2.04. The zero-order valence-corrected chi connectivity index (χ0v) is 8.16. The summed E-state index contributed by atoms with van der Waals surface area (Å²) in [5, 5.41) is 3.02. The van der Waals surface area contributed by atoms with Gasteiger partial charge in [-0.05, 0) is 12.8 Å². The number of nitrogens with zero attached hydrogens (tertiary/aromatic N) is 1. The molecule has 0 spiro atoms. The number of rotatable bonds is 1. The number of piperazine rings is 1. The fraction of sp³-hybridized carbons (Fsp3) is 0.778. The lowest BCUT2D eigenvalue weighted by Gasteiger charge is -2.41. The highest BCUT2D eigenvalue weighted by Crippen LogP contribution is 2.17. The zero-order valence-electron chi connectivity index (χ0n) is 8.16. The molecule has 2 atom stereocenters. The zero-order chi connectivity index (χ0) is 10.1. The van der Waals surface area contributed by atoms with E-state index in [4.69, 9.17) is 0 Å². The highest BCUT2D eigenvalue weighted by Gasteiger charge is 2.40. The number of carbonyl (C=O) groups is 2. The van der Waals surface area contributed by atoms with Gasteiger partial charge < -0.3 is 9.64 Å². The fourth-order valence-corrected chi connectivity index (χ4v) is 2.09. The number of hydrogen-bond acceptors (Lipinski definition) is 4. The van der Waals surface area contributed by atoms with E-state index in [-0.39, 0.29) is 11.9 Å². The number of carbonyl (C=O) groups excluding carboxylic acids is 2. The number of nitrogens with one attached hydrogen (secondary N) is 1. The molecule has 14 heavy (non-hydrogen) atoms. The second kappa shape index (κ2) is 3.57. The Morgan fingerprint density at radius 2 is 2.43 bits per heavy atom. The molecule has 0 radical (unpaired) electrons. The van der Waals surface area contributed by atoms with Crippen molar-refractivity contribution in [3.05, 3.63) is 0 Å². The van der Waals surface area contributed by atoms with Gasteiger partial charge in [0, 0.05) is 19.1 Å². The third kappa shape index (κ3) is 1.48. The average molecular weight is 198 g/mol. The van der Waals surface area contributed by atoms with Gasteiger partial charge in [-0.25, -0.2) is 4.79 Å². The van der Waals surface area contributed by atoms with Gasteiger partial charge in [0.15, 0.2) is 6.04 Å². The highest BCUT2D eigenvalue weighted by molar-refractivity contribution is 6.02. The van der Waals surface area contributed by atoms with Gasteiger partial charge >= 0.3 is 5.97 Å². The van der Waals surface area contributed by atoms with Crippen LogP contribution in [0.4, 0.5) is 0 Å². The molecule has 2 unspecified atom stereocenters. The Morgan fingerprint density at radius 1 is 1.64 bits per heavy atom. The minimum Gasteiger partial charge on any atom is -0.467 e. The van der Waals surface area contributed by atoms with Crippen LogP contribution in [0.5, 0.6) is 0 Å². The van der Waals surface area contributed by atoms with Crippen LogP contribution in [0.15, 0.2) is 0 Å². The van der Waals surface area contributed by atoms with Crippen LogP contribution >= 0.6 is 0 Å². The third-order valence-electron chi connectivity index (χ3n) is 2.82. The van der Waals surface area contributed by atoms with Crippen molar-refractivity contribution in [1.29, 1.82) is 0 Å². The van der Waals surface area contributed by atoms with Gasteiger partial charge in [0.1, 0.15) is 0 Å². The van der Waals surface area contributed by atoms with E-state index in [0.717, 1.165) is 25.9 Å². The normalized spacial score (nSPS) is 31.5. The van der Waals surface area contributed by atoms with Gasteiger partial charge in [0.05, 0.1) is 7.11 Å². The number of fused-ring (bicyclic) bond motifs is 2. The first-order chi connectivity index (χ1) is 6.72. The van der Waals surface area contributed by atoms with E-state index in [1.165, 1.54) is 7.11 Å². The summed E-state index contributed by atoms with van der Waals surface area (Å²) in [7, 11) is 1.30. The van der Waals surface area contributed by atoms with E-state index in [0.29, 0.717) is 0 Å². The summed E-state index contributed by atoms with van der Waals surface area (Å²) in [5.74, 6) is -0.626. The van der Waals surface area contributed by atoms with Crippen molar-refractivity contribution in [2.75, 3.05) is 20.2 Å². The number of hydrogen-bond donors (Lipinski definition) is 1. The smallest absolute Gasteiger partial charge is 0.332 e. The molecule has 1 amide bonds. The first kappa shape index (κ1) is 9.45. The first-order valence-corrected chi connectivity index (χ1v) is 4.85. The van der Waals surface area contributed by atoms with Gasteiger partial charge in [0.2, 0.25) is 0 Å². The second-order valence-corrected chi connectivity index (χ2v) is 3.75. The molecule has 2 aliphatic heterocycles. The Morgan fingerprint density at radius 3 is 3.14 bits per heavy atom. The minimum atomic E-state index is -0.779. The Bertz CT molecular complexity index is 267. The van der Waals surface area contributed by atoms with Crippen molar-refractivity contribution in [2.24, 2.45) is 0 Å². The molecule has 0 aliphatic carbocycles. The maximum absolute atomic E-state index is 11.7. The van der Waals surface area contributed by atoms with Crippen LogP contribution in [0.3, 0.4) is 0 Å². The molecule has 0 aromatic heterocycles. The van der Waals surface area contributed by atoms with Gasteiger partial charge in [0.25, 0.3) is 5.91 Å². The molecule has 0 saturated carbocycles. The molecular formula is C9H14N2O3. The van der Waals surface area contributed by atoms with Gasteiger partial charge in [-0.3, -0.25) is 10.1 Å². The number of methoxy groups -OCH3 is 1. The standard InChI is InChI=1S/C9H14N2O3/c1-14-9(13)7-8(12)11-4-2-3-6(5-11)10-7/h6-7,10H,2-5H2,1H3. The van der Waals surface area contributed by atoms with E-state index >= 15 is 0 Å². The van der Waals surface area contributed by atoms with Crippen LogP contribution in [0.2, 0.25) is 0 Å². The SMILES string of the molecule is COC(=O)C1NC2CCCN(C2)C1=O. The molecule has 2 bridgehead atoms. The van der Waals surface area contributed by atoms with Crippen LogP contribution in [0.25, 0.3) is 0 Å². The summed E-state index contributed by atoms with van der Waals surface area (Å²) in [4.78, 5) is 24.7. The van der Waals surface area contributed by atoms with E-state index < -0.39 is 12.0 Å². The van der Waals surface area contributed by atoms with Crippen LogP contribution in [0.1, 0.15) is 12.8 Å². The molecule has 78 valence electrons. The number of piperidine rings is 1. The largest absolute Gasteiger partial charge is 0.467 e. The maximum Gasteiger partial charge on any atom is 0.332 e. The highest BCUT2D eigenvalue weighted by atomic mass is 16.5. The van der Waals surface area contributed by atoms with E-state index in [1.807, 2.05) is 0 Å². The molecule has 1 N–H and O–H groups in total. The van der Waals surface area contributed by atoms with Crippen LogP contribution in [0, 0.1) is 0 Å². The predicted octanol–water partition coefficient (Wildman–Crippen LogP) is -0.878. The summed E-state index contributed by atoms with van der Waals surface area (Å²) in [5.41, 5.74) is 0. The average Bonchev–Trinajstić information content (AvgIpc) is 2.23. The molecule has 2 rings (SSSR count). The molecule has 5 heteroatoms. The van der Waals surface area contributed by atoms with Crippen molar-refractivity contribution < 1.29 is 14.3 Å². The van der Waals surface area contributed by atoms with Gasteiger partial charge in [-0.15, -0.1) is 0 Å². The maximum atomic E-state index is 11.7. The van der Waals surface area contributed by atoms with Crippen molar-refractivity contribution in [3.8, 4) is 0 Å². The number of esters is 1. The molecular weight excluding hydrogens is 184 g/mol. The minimum absolute atomic E-state index is 0.146. The van der Waals surface area contributed by atoms with E-state index in [2.05, 4.69) is 10.1 Å². The lowest BCUT2D eigenvalue weighted by molar-refractivity contribution is -0.154. The molecule has 2 aliphatic rings. The summed E-state index contributed by atoms with van der Waals surface area (Å²) >= 11 is 0. The Labute approximate surface area is 82.4 Å². The molecule has 0 aromatic carbocycles. The number of amides is 1. The van der Waals surface area contributed by atoms with E-state index in [1.54, 1.807) is 4.90 Å². The van der Waals surface area contributed by atoms with Crippen molar-refractivity contribution >= 4 is 11.9 Å². The van der Waals surface area contributed by atoms with Gasteiger partial charge in [-0.1, -0.05) is 0 Å². The first-order valence-electron chi connectivity index (χ1n) is 4.85. The fourth-order valence-electron chi connectivity index (χ4n) is 2.09. The van der Waals surface area contributed by atoms with Crippen LogP contribution < -0.4 is 5.32 Å². The Balaban J connectivity index is 2.12. The number of ether oxygens (including phenoxy) is 1. The topological polar surface area (TPSA) is 58.6 Å². The molecule has 0 aromatic rings. The van der Waals surface area contributed by atoms with Crippen molar-refractivity contribution in [2.45, 2.75) is 24.9 Å². The lowest BCUT2D eigenvalue weighted by atomic mass is 9.99. The molecule has 2 heterocycles. The third-order valence-corrected chi connectivity index (χ3v) is 2.82. The van der Waals surface area contributed by atoms with E-state index in [9.17, 15) is 9.59 Å². The van der Waals surface area contributed by atoms with Crippen LogP contribution in [-0.2, 0) is 14.3 Å². The van der Waals surface area contributed by atoms with Crippen LogP contribution in [-0.4, -0.2) is 49.1 Å². The summed E-state index contributed by atoms with van der Waals surface area (Å²) < 4.78 is 4.58. The molecule has 2 fully saturated rings. The lowest BCUT2D eigenvalue weighted by Crippen LogP contribution is -2.64. The molecule has 5 nitrogen and oxygen atoms in total. The van der Waals surface area contributed by atoms with Gasteiger partial charge in [-0.2, -0.15) is 0 Å². The Kier molecular flexibility index (Phi) is 2.41. The Hall–Kier alpha value is -1.10. The van der Waals surface area contributed by atoms with Crippen molar-refractivity contribution in [1.82, 2.24) is 10.2 Å². The summed E-state index contributed by atoms with van der Waals surface area (Å²) in [6.45, 7) is 1.50. The summed E-state index contributed by atoms with van der Waals surface area (Å²) in [6, 6.07) is -0.524. The van der Waals surface area contributed by atoms with Crippen molar-refractivity contribution in [3.63, 3.8) is 0 Å². The monoisotopic (exact) mass is 198 g/mol. The quantitative estimate of drug-likeness (QED) is 0.439. The predicted molar refractivity (Wildman–Crippen MR) is 48.5 cm³/mol. The second-order valence-electron chi connectivity index (χ2n) is 3.75. The molecule has 2 saturated heterocycles.